The van der Waals surface area contributed by atoms with Gasteiger partial charge in [-0.2, -0.15) is 0 Å². The molecule has 1 atom stereocenters. The average Bonchev–Trinajstić information content (AvgIpc) is 2.37. The highest BCUT2D eigenvalue weighted by Crippen LogP contribution is 2.35. The molecule has 0 aliphatic carbocycles. The normalized spacial score (nSPS) is 12.3. The van der Waals surface area contributed by atoms with Gasteiger partial charge in [0.15, 0.2) is 0 Å². The van der Waals surface area contributed by atoms with E-state index >= 15 is 0 Å². The van der Waals surface area contributed by atoms with Crippen LogP contribution in [0.25, 0.3) is 0 Å². The molecule has 0 aliphatic rings. The summed E-state index contributed by atoms with van der Waals surface area (Å²) >= 11 is 12.0. The highest BCUT2D eigenvalue weighted by Gasteiger charge is 2.14. The highest BCUT2D eigenvalue weighted by atomic mass is 35.5. The summed E-state index contributed by atoms with van der Waals surface area (Å²) in [4.78, 5) is 0. The fourth-order valence-electron chi connectivity index (χ4n) is 1.79. The van der Waals surface area contributed by atoms with Crippen molar-refractivity contribution in [1.29, 1.82) is 0 Å². The van der Waals surface area contributed by atoms with Gasteiger partial charge in [-0.05, 0) is 43.7 Å². The predicted octanol–water partition coefficient (Wildman–Crippen LogP) is 5.25. The largest absolute Gasteiger partial charge is 0.455 e. The molecule has 2 aromatic carbocycles. The predicted molar refractivity (Wildman–Crippen MR) is 80.3 cm³/mol. The molecule has 2 aromatic rings. The Bertz CT molecular complexity index is 644. The van der Waals surface area contributed by atoms with E-state index in [0.717, 1.165) is 0 Å². The van der Waals surface area contributed by atoms with E-state index < -0.39 is 0 Å². The zero-order chi connectivity index (χ0) is 14.9. The van der Waals surface area contributed by atoms with Crippen LogP contribution in [0.4, 0.5) is 4.39 Å². The molecule has 5 heteroatoms. The van der Waals surface area contributed by atoms with Gasteiger partial charge in [-0.1, -0.05) is 23.2 Å². The first-order chi connectivity index (χ1) is 9.38. The van der Waals surface area contributed by atoms with Crippen molar-refractivity contribution in [3.05, 3.63) is 57.3 Å². The number of aryl methyl sites for hydroxylation is 1. The number of benzene rings is 2. The maximum atomic E-state index is 13.6. The third kappa shape index (κ3) is 3.23. The number of rotatable bonds is 3. The number of nitrogens with two attached hydrogens (primary N) is 1. The zero-order valence-corrected chi connectivity index (χ0v) is 12.6. The molecule has 0 amide bonds. The van der Waals surface area contributed by atoms with E-state index in [2.05, 4.69) is 0 Å². The molecule has 0 aromatic heterocycles. The van der Waals surface area contributed by atoms with Crippen molar-refractivity contribution in [3.8, 4) is 11.5 Å². The fourth-order valence-corrected chi connectivity index (χ4v) is 2.11. The summed E-state index contributed by atoms with van der Waals surface area (Å²) in [6, 6.07) is 7.53. The van der Waals surface area contributed by atoms with Gasteiger partial charge in [-0.3, -0.25) is 0 Å². The molecule has 2 N–H and O–H groups in total. The molecule has 106 valence electrons. The summed E-state index contributed by atoms with van der Waals surface area (Å²) < 4.78 is 19.4. The topological polar surface area (TPSA) is 35.2 Å². The van der Waals surface area contributed by atoms with Crippen molar-refractivity contribution in [2.75, 3.05) is 0 Å². The molecular formula is C15H14Cl2FNO. The molecule has 0 fully saturated rings. The molecule has 0 spiro atoms. The van der Waals surface area contributed by atoms with E-state index in [-0.39, 0.29) is 11.9 Å². The lowest BCUT2D eigenvalue weighted by molar-refractivity contribution is 0.468. The number of hydrogen-bond acceptors (Lipinski definition) is 2. The van der Waals surface area contributed by atoms with Crippen molar-refractivity contribution >= 4 is 23.2 Å². The molecule has 0 bridgehead atoms. The Kier molecular flexibility index (Phi) is 4.53. The van der Waals surface area contributed by atoms with Crippen LogP contribution in [0.1, 0.15) is 24.1 Å². The van der Waals surface area contributed by atoms with Crippen molar-refractivity contribution in [1.82, 2.24) is 0 Å². The van der Waals surface area contributed by atoms with Crippen LogP contribution < -0.4 is 10.5 Å². The number of ether oxygens (including phenoxy) is 1. The van der Waals surface area contributed by atoms with Gasteiger partial charge in [0.2, 0.25) is 0 Å². The van der Waals surface area contributed by atoms with Crippen LogP contribution in [-0.4, -0.2) is 0 Å². The molecule has 0 heterocycles. The second kappa shape index (κ2) is 6.00. The number of hydrogen-bond donors (Lipinski definition) is 1. The van der Waals surface area contributed by atoms with Crippen LogP contribution >= 0.6 is 23.2 Å². The van der Waals surface area contributed by atoms with Crippen LogP contribution in [-0.2, 0) is 0 Å². The number of halogens is 3. The van der Waals surface area contributed by atoms with E-state index in [4.69, 9.17) is 33.7 Å². The minimum absolute atomic E-state index is 0.318. The van der Waals surface area contributed by atoms with Gasteiger partial charge in [0.05, 0.1) is 5.02 Å². The van der Waals surface area contributed by atoms with Crippen LogP contribution in [0.15, 0.2) is 30.3 Å². The Balaban J connectivity index is 2.47. The summed E-state index contributed by atoms with van der Waals surface area (Å²) in [5.41, 5.74) is 6.90. The van der Waals surface area contributed by atoms with Crippen LogP contribution in [0.5, 0.6) is 11.5 Å². The van der Waals surface area contributed by atoms with Crippen molar-refractivity contribution in [2.45, 2.75) is 19.9 Å². The quantitative estimate of drug-likeness (QED) is 0.839. The second-order valence-corrected chi connectivity index (χ2v) is 5.45. The first-order valence-electron chi connectivity index (χ1n) is 6.07. The first-order valence-corrected chi connectivity index (χ1v) is 6.82. The first kappa shape index (κ1) is 15.1. The molecule has 0 saturated heterocycles. The fraction of sp³-hybridized carbons (Fsp3) is 0.200. The van der Waals surface area contributed by atoms with Crippen LogP contribution in [0, 0.1) is 12.7 Å². The average molecular weight is 314 g/mol. The highest BCUT2D eigenvalue weighted by molar-refractivity contribution is 6.34. The van der Waals surface area contributed by atoms with Gasteiger partial charge in [-0.15, -0.1) is 0 Å². The minimum atomic E-state index is -0.363. The van der Waals surface area contributed by atoms with E-state index in [1.807, 2.05) is 0 Å². The lowest BCUT2D eigenvalue weighted by Crippen LogP contribution is -2.08. The van der Waals surface area contributed by atoms with Gasteiger partial charge in [0.1, 0.15) is 17.3 Å². The summed E-state index contributed by atoms with van der Waals surface area (Å²) in [5, 5.41) is 0.928. The Morgan fingerprint density at radius 1 is 1.15 bits per heavy atom. The molecule has 2 nitrogen and oxygen atoms in total. The van der Waals surface area contributed by atoms with Crippen molar-refractivity contribution < 1.29 is 9.13 Å². The second-order valence-electron chi connectivity index (χ2n) is 4.60. The van der Waals surface area contributed by atoms with E-state index in [0.29, 0.717) is 32.7 Å². The maximum Gasteiger partial charge on any atom is 0.147 e. The Labute approximate surface area is 127 Å². The van der Waals surface area contributed by atoms with Crippen LogP contribution in [0.2, 0.25) is 10.0 Å². The van der Waals surface area contributed by atoms with Gasteiger partial charge in [0.25, 0.3) is 0 Å². The molecule has 0 aliphatic heterocycles. The van der Waals surface area contributed by atoms with E-state index in [1.54, 1.807) is 38.1 Å². The Morgan fingerprint density at radius 2 is 1.85 bits per heavy atom. The lowest BCUT2D eigenvalue weighted by Gasteiger charge is -2.16. The van der Waals surface area contributed by atoms with E-state index in [9.17, 15) is 4.39 Å². The third-order valence-electron chi connectivity index (χ3n) is 2.89. The molecule has 20 heavy (non-hydrogen) atoms. The molecule has 2 rings (SSSR count). The Hall–Kier alpha value is -1.29. The van der Waals surface area contributed by atoms with Crippen LogP contribution in [0.3, 0.4) is 0 Å². The standard InChI is InChI=1S/C15H14Cl2FNO/c1-8-5-14(11(9(2)19)7-13(8)18)20-15-6-10(16)3-4-12(15)17/h3-7,9H,19H2,1-2H3. The zero-order valence-electron chi connectivity index (χ0n) is 11.1. The van der Waals surface area contributed by atoms with Gasteiger partial charge < -0.3 is 10.5 Å². The van der Waals surface area contributed by atoms with Gasteiger partial charge >= 0.3 is 0 Å². The smallest absolute Gasteiger partial charge is 0.147 e. The molecular weight excluding hydrogens is 300 g/mol. The van der Waals surface area contributed by atoms with E-state index in [1.165, 1.54) is 6.07 Å². The minimum Gasteiger partial charge on any atom is -0.455 e. The molecule has 0 saturated carbocycles. The summed E-state index contributed by atoms with van der Waals surface area (Å²) in [7, 11) is 0. The summed E-state index contributed by atoms with van der Waals surface area (Å²) in [5.74, 6) is 0.567. The van der Waals surface area contributed by atoms with Gasteiger partial charge in [0, 0.05) is 22.7 Å². The van der Waals surface area contributed by atoms with Crippen molar-refractivity contribution in [3.63, 3.8) is 0 Å². The van der Waals surface area contributed by atoms with Crippen molar-refractivity contribution in [2.24, 2.45) is 5.73 Å². The summed E-state index contributed by atoms with van der Waals surface area (Å²) in [6.07, 6.45) is 0. The monoisotopic (exact) mass is 313 g/mol. The third-order valence-corrected chi connectivity index (χ3v) is 3.44. The Morgan fingerprint density at radius 3 is 2.50 bits per heavy atom. The van der Waals surface area contributed by atoms with Gasteiger partial charge in [-0.25, -0.2) is 4.39 Å². The summed E-state index contributed by atoms with van der Waals surface area (Å²) in [6.45, 7) is 3.42. The SMILES string of the molecule is Cc1cc(Oc2cc(Cl)ccc2Cl)c(C(C)N)cc1F. The lowest BCUT2D eigenvalue weighted by atomic mass is 10.1. The maximum absolute atomic E-state index is 13.6. The molecule has 1 unspecified atom stereocenters. The molecule has 0 radical (unpaired) electrons.